The second kappa shape index (κ2) is 5.42. The molecule has 0 atom stereocenters. The van der Waals surface area contributed by atoms with Crippen LogP contribution in [0.5, 0.6) is 0 Å². The van der Waals surface area contributed by atoms with Crippen LogP contribution in [0.3, 0.4) is 0 Å². The molecule has 0 bridgehead atoms. The molecule has 0 fully saturated rings. The van der Waals surface area contributed by atoms with E-state index >= 15 is 0 Å². The third-order valence-electron chi connectivity index (χ3n) is 1.98. The summed E-state index contributed by atoms with van der Waals surface area (Å²) in [5, 5.41) is 10.5. The zero-order valence-corrected chi connectivity index (χ0v) is 10.9. The van der Waals surface area contributed by atoms with Crippen molar-refractivity contribution in [3.8, 4) is 6.07 Å². The summed E-state index contributed by atoms with van der Waals surface area (Å²) in [5.41, 5.74) is 0.545. The Hall–Kier alpha value is -1.21. The van der Waals surface area contributed by atoms with Gasteiger partial charge in [0.1, 0.15) is 11.1 Å². The lowest BCUT2D eigenvalue weighted by Gasteiger charge is -2.02. The van der Waals surface area contributed by atoms with Gasteiger partial charge in [0, 0.05) is 11.1 Å². The summed E-state index contributed by atoms with van der Waals surface area (Å²) < 4.78 is 0. The second-order valence-electron chi connectivity index (χ2n) is 3.17. The third kappa shape index (κ3) is 3.13. The minimum atomic E-state index is 0.519. The van der Waals surface area contributed by atoms with E-state index in [0.29, 0.717) is 15.6 Å². The number of nitrogens with zero attached hydrogens (tertiary/aromatic N) is 2. The molecule has 0 radical (unpaired) electrons. The maximum Gasteiger partial charge on any atom is 0.101 e. The van der Waals surface area contributed by atoms with Crippen molar-refractivity contribution >= 4 is 35.0 Å². The van der Waals surface area contributed by atoms with Crippen LogP contribution in [0, 0.1) is 11.3 Å². The van der Waals surface area contributed by atoms with Gasteiger partial charge in [-0.2, -0.15) is 5.26 Å². The van der Waals surface area contributed by atoms with E-state index in [-0.39, 0.29) is 0 Å². The van der Waals surface area contributed by atoms with E-state index < -0.39 is 0 Å². The van der Waals surface area contributed by atoms with Crippen LogP contribution >= 0.6 is 35.0 Å². The Balaban J connectivity index is 2.20. The third-order valence-corrected chi connectivity index (χ3v) is 3.66. The lowest BCUT2D eigenvalue weighted by molar-refractivity contribution is 1.12. The molecule has 0 saturated carbocycles. The van der Waals surface area contributed by atoms with Crippen molar-refractivity contribution in [3.63, 3.8) is 0 Å². The van der Waals surface area contributed by atoms with E-state index in [0.717, 1.165) is 9.92 Å². The van der Waals surface area contributed by atoms with Gasteiger partial charge < -0.3 is 0 Å². The zero-order valence-electron chi connectivity index (χ0n) is 8.52. The van der Waals surface area contributed by atoms with Crippen LogP contribution < -0.4 is 0 Å². The molecule has 2 aromatic rings. The average molecular weight is 281 g/mol. The Morgan fingerprint density at radius 2 is 1.94 bits per heavy atom. The molecule has 5 heteroatoms. The number of nitriles is 1. The van der Waals surface area contributed by atoms with Crippen molar-refractivity contribution in [2.45, 2.75) is 9.92 Å². The molecule has 84 valence electrons. The summed E-state index contributed by atoms with van der Waals surface area (Å²) in [6.07, 6.45) is 1.54. The van der Waals surface area contributed by atoms with Crippen LogP contribution in [-0.4, -0.2) is 4.98 Å². The molecule has 1 aromatic heterocycles. The SMILES string of the molecule is N#Cc1ccc(Sc2ccc(Cl)c(Cl)c2)nc1. The van der Waals surface area contributed by atoms with E-state index in [1.54, 1.807) is 30.5 Å². The highest BCUT2D eigenvalue weighted by Gasteiger charge is 2.02. The number of aromatic nitrogens is 1. The first-order chi connectivity index (χ1) is 8.19. The molecule has 0 spiro atoms. The summed E-state index contributed by atoms with van der Waals surface area (Å²) >= 11 is 13.2. The minimum Gasteiger partial charge on any atom is -0.248 e. The topological polar surface area (TPSA) is 36.7 Å². The normalized spacial score (nSPS) is 9.94. The maximum atomic E-state index is 8.66. The van der Waals surface area contributed by atoms with Crippen LogP contribution in [-0.2, 0) is 0 Å². The first-order valence-electron chi connectivity index (χ1n) is 4.68. The fraction of sp³-hybridized carbons (Fsp3) is 0. The molecule has 17 heavy (non-hydrogen) atoms. The summed E-state index contributed by atoms with van der Waals surface area (Å²) in [4.78, 5) is 5.12. The number of hydrogen-bond donors (Lipinski definition) is 0. The van der Waals surface area contributed by atoms with Gasteiger partial charge in [0.2, 0.25) is 0 Å². The maximum absolute atomic E-state index is 8.66. The van der Waals surface area contributed by atoms with Crippen molar-refractivity contribution in [3.05, 3.63) is 52.1 Å². The van der Waals surface area contributed by atoms with Gasteiger partial charge in [-0.3, -0.25) is 0 Å². The van der Waals surface area contributed by atoms with Crippen LogP contribution in [0.15, 0.2) is 46.5 Å². The van der Waals surface area contributed by atoms with Crippen molar-refractivity contribution in [2.24, 2.45) is 0 Å². The number of benzene rings is 1. The summed E-state index contributed by atoms with van der Waals surface area (Å²) in [5.74, 6) is 0. The zero-order chi connectivity index (χ0) is 12.3. The summed E-state index contributed by atoms with van der Waals surface area (Å²) in [6, 6.07) is 11.0. The highest BCUT2D eigenvalue weighted by atomic mass is 35.5. The van der Waals surface area contributed by atoms with Gasteiger partial charge in [-0.1, -0.05) is 35.0 Å². The smallest absolute Gasteiger partial charge is 0.101 e. The molecule has 1 aromatic carbocycles. The monoisotopic (exact) mass is 280 g/mol. The Morgan fingerprint density at radius 1 is 1.12 bits per heavy atom. The summed E-state index contributed by atoms with van der Waals surface area (Å²) in [6.45, 7) is 0. The van der Waals surface area contributed by atoms with E-state index in [4.69, 9.17) is 28.5 Å². The van der Waals surface area contributed by atoms with Gasteiger partial charge in [-0.05, 0) is 30.3 Å². The van der Waals surface area contributed by atoms with Crippen LogP contribution in [0.25, 0.3) is 0 Å². The Bertz CT molecular complexity index is 576. The Morgan fingerprint density at radius 3 is 2.53 bits per heavy atom. The predicted octanol–water partition coefficient (Wildman–Crippen LogP) is 4.41. The summed E-state index contributed by atoms with van der Waals surface area (Å²) in [7, 11) is 0. The van der Waals surface area contributed by atoms with Crippen molar-refractivity contribution in [1.82, 2.24) is 4.98 Å². The van der Waals surface area contributed by atoms with Gasteiger partial charge in [0.25, 0.3) is 0 Å². The van der Waals surface area contributed by atoms with Gasteiger partial charge >= 0.3 is 0 Å². The molecule has 0 saturated heterocycles. The van der Waals surface area contributed by atoms with Crippen LogP contribution in [0.4, 0.5) is 0 Å². The van der Waals surface area contributed by atoms with Gasteiger partial charge in [0.15, 0.2) is 0 Å². The number of rotatable bonds is 2. The molecule has 2 rings (SSSR count). The molecular formula is C12H6Cl2N2S. The molecule has 2 nitrogen and oxygen atoms in total. The lowest BCUT2D eigenvalue weighted by atomic mass is 10.3. The molecular weight excluding hydrogens is 275 g/mol. The largest absolute Gasteiger partial charge is 0.248 e. The lowest BCUT2D eigenvalue weighted by Crippen LogP contribution is -1.82. The fourth-order valence-electron chi connectivity index (χ4n) is 1.17. The minimum absolute atomic E-state index is 0.519. The average Bonchev–Trinajstić information content (AvgIpc) is 2.35. The number of hydrogen-bond acceptors (Lipinski definition) is 3. The number of pyridine rings is 1. The van der Waals surface area contributed by atoms with Crippen molar-refractivity contribution in [1.29, 1.82) is 5.26 Å². The molecule has 0 aliphatic heterocycles. The first kappa shape index (κ1) is 12.3. The molecule has 1 heterocycles. The van der Waals surface area contributed by atoms with Crippen molar-refractivity contribution in [2.75, 3.05) is 0 Å². The molecule has 0 aliphatic carbocycles. The molecule has 0 amide bonds. The van der Waals surface area contributed by atoms with Gasteiger partial charge in [-0.25, -0.2) is 4.98 Å². The van der Waals surface area contributed by atoms with Crippen LogP contribution in [0.2, 0.25) is 10.0 Å². The van der Waals surface area contributed by atoms with E-state index in [1.807, 2.05) is 12.1 Å². The molecule has 0 N–H and O–H groups in total. The number of halogens is 2. The standard InChI is InChI=1S/C12H6Cl2N2S/c13-10-3-2-9(5-11(10)14)17-12-4-1-8(6-15)7-16-12/h1-5,7H. The van der Waals surface area contributed by atoms with Crippen molar-refractivity contribution < 1.29 is 0 Å². The second-order valence-corrected chi connectivity index (χ2v) is 5.08. The predicted molar refractivity (Wildman–Crippen MR) is 69.5 cm³/mol. The highest BCUT2D eigenvalue weighted by molar-refractivity contribution is 7.99. The quantitative estimate of drug-likeness (QED) is 0.818. The fourth-order valence-corrected chi connectivity index (χ4v) is 2.33. The molecule has 0 unspecified atom stereocenters. The Kier molecular flexibility index (Phi) is 3.90. The van der Waals surface area contributed by atoms with E-state index in [9.17, 15) is 0 Å². The highest BCUT2D eigenvalue weighted by Crippen LogP contribution is 2.31. The van der Waals surface area contributed by atoms with E-state index in [2.05, 4.69) is 4.98 Å². The first-order valence-corrected chi connectivity index (χ1v) is 6.25. The van der Waals surface area contributed by atoms with E-state index in [1.165, 1.54) is 11.8 Å². The van der Waals surface area contributed by atoms with Gasteiger partial charge in [0.05, 0.1) is 15.6 Å². The Labute approximate surface area is 113 Å². The van der Waals surface area contributed by atoms with Crippen LogP contribution in [0.1, 0.15) is 5.56 Å². The van der Waals surface area contributed by atoms with Gasteiger partial charge in [-0.15, -0.1) is 0 Å². The molecule has 0 aliphatic rings.